The summed E-state index contributed by atoms with van der Waals surface area (Å²) in [4.78, 5) is 24.0. The number of halogens is 2. The molecule has 7 heteroatoms. The van der Waals surface area contributed by atoms with Gasteiger partial charge in [0.1, 0.15) is 17.4 Å². The lowest BCUT2D eigenvalue weighted by molar-refractivity contribution is -0.145. The molecule has 0 aliphatic rings. The largest absolute Gasteiger partial charge is 0.482 e. The Bertz CT molecular complexity index is 1050. The summed E-state index contributed by atoms with van der Waals surface area (Å²) in [5.41, 5.74) is 1.44. The van der Waals surface area contributed by atoms with Crippen LogP contribution in [0.3, 0.4) is 0 Å². The van der Waals surface area contributed by atoms with Crippen molar-refractivity contribution >= 4 is 17.6 Å². The van der Waals surface area contributed by atoms with E-state index in [0.29, 0.717) is 22.6 Å². The molecule has 3 aromatic rings. The van der Waals surface area contributed by atoms with Gasteiger partial charge in [0.2, 0.25) is 0 Å². The van der Waals surface area contributed by atoms with Gasteiger partial charge in [-0.2, -0.15) is 0 Å². The smallest absolute Gasteiger partial charge is 0.344 e. The molecule has 0 aliphatic heterocycles. The number of anilines is 1. The average molecular weight is 411 g/mol. The first kappa shape index (κ1) is 21.0. The van der Waals surface area contributed by atoms with Gasteiger partial charge in [-0.1, -0.05) is 24.3 Å². The molecule has 0 bridgehead atoms. The van der Waals surface area contributed by atoms with Crippen LogP contribution in [0.1, 0.15) is 17.3 Å². The first-order valence-electron chi connectivity index (χ1n) is 9.21. The number of esters is 1. The van der Waals surface area contributed by atoms with Gasteiger partial charge in [0, 0.05) is 11.8 Å². The topological polar surface area (TPSA) is 64.6 Å². The van der Waals surface area contributed by atoms with E-state index in [0.717, 1.165) is 0 Å². The van der Waals surface area contributed by atoms with E-state index in [1.165, 1.54) is 36.4 Å². The van der Waals surface area contributed by atoms with Crippen LogP contribution < -0.4 is 10.1 Å². The van der Waals surface area contributed by atoms with Gasteiger partial charge in [-0.15, -0.1) is 0 Å². The molecule has 0 radical (unpaired) electrons. The summed E-state index contributed by atoms with van der Waals surface area (Å²) in [6.07, 6.45) is 0. The van der Waals surface area contributed by atoms with Gasteiger partial charge in [0.05, 0.1) is 12.2 Å². The maximum absolute atomic E-state index is 14.3. The van der Waals surface area contributed by atoms with Gasteiger partial charge >= 0.3 is 5.97 Å². The second kappa shape index (κ2) is 9.65. The quantitative estimate of drug-likeness (QED) is 0.566. The molecule has 30 heavy (non-hydrogen) atoms. The highest BCUT2D eigenvalue weighted by molar-refractivity contribution is 6.05. The summed E-state index contributed by atoms with van der Waals surface area (Å²) in [5, 5.41) is 2.60. The van der Waals surface area contributed by atoms with Gasteiger partial charge in [0.15, 0.2) is 6.61 Å². The summed E-state index contributed by atoms with van der Waals surface area (Å²) in [7, 11) is 0. The van der Waals surface area contributed by atoms with Crippen molar-refractivity contribution in [1.29, 1.82) is 0 Å². The number of hydrogen-bond donors (Lipinski definition) is 1. The standard InChI is InChI=1S/C23H19F2NO4/c1-2-29-22(27)14-30-19-5-3-4-18(13-19)26-23(28)20-12-16(8-11-21(20)25)15-6-9-17(24)10-7-15/h3-13H,2,14H2,1H3,(H,26,28). The zero-order chi connectivity index (χ0) is 21.5. The van der Waals surface area contributed by atoms with Gasteiger partial charge < -0.3 is 14.8 Å². The first-order valence-corrected chi connectivity index (χ1v) is 9.21. The molecule has 5 nitrogen and oxygen atoms in total. The molecule has 1 amide bonds. The zero-order valence-corrected chi connectivity index (χ0v) is 16.2. The van der Waals surface area contributed by atoms with Crippen LogP contribution in [0.5, 0.6) is 5.75 Å². The van der Waals surface area contributed by atoms with Gasteiger partial charge in [0.25, 0.3) is 5.91 Å². The Morgan fingerprint density at radius 1 is 0.933 bits per heavy atom. The number of ether oxygens (including phenoxy) is 2. The number of carbonyl (C=O) groups is 2. The molecular weight excluding hydrogens is 392 g/mol. The molecule has 3 aromatic carbocycles. The Morgan fingerprint density at radius 3 is 2.40 bits per heavy atom. The molecule has 0 aromatic heterocycles. The third-order valence-corrected chi connectivity index (χ3v) is 4.14. The van der Waals surface area contributed by atoms with Crippen LogP contribution in [0.2, 0.25) is 0 Å². The number of benzene rings is 3. The Balaban J connectivity index is 1.74. The van der Waals surface area contributed by atoms with Crippen molar-refractivity contribution in [2.24, 2.45) is 0 Å². The Labute approximate surface area is 172 Å². The summed E-state index contributed by atoms with van der Waals surface area (Å²) in [5.74, 6) is -1.89. The number of nitrogens with one attached hydrogen (secondary N) is 1. The van der Waals surface area contributed by atoms with Crippen molar-refractivity contribution in [3.8, 4) is 16.9 Å². The van der Waals surface area contributed by atoms with E-state index in [2.05, 4.69) is 5.32 Å². The molecule has 0 unspecified atom stereocenters. The molecule has 3 rings (SSSR count). The Kier molecular flexibility index (Phi) is 6.75. The van der Waals surface area contributed by atoms with Crippen molar-refractivity contribution in [2.45, 2.75) is 6.92 Å². The monoisotopic (exact) mass is 411 g/mol. The zero-order valence-electron chi connectivity index (χ0n) is 16.2. The lowest BCUT2D eigenvalue weighted by Gasteiger charge is -2.10. The Hall–Kier alpha value is -3.74. The average Bonchev–Trinajstić information content (AvgIpc) is 2.74. The fraction of sp³-hybridized carbons (Fsp3) is 0.130. The van der Waals surface area contributed by atoms with Crippen LogP contribution in [-0.2, 0) is 9.53 Å². The molecular formula is C23H19F2NO4. The van der Waals surface area contributed by atoms with Crippen LogP contribution in [0, 0.1) is 11.6 Å². The first-order chi connectivity index (χ1) is 14.5. The molecule has 0 heterocycles. The summed E-state index contributed by atoms with van der Waals surface area (Å²) >= 11 is 0. The fourth-order valence-corrected chi connectivity index (χ4v) is 2.73. The SMILES string of the molecule is CCOC(=O)COc1cccc(NC(=O)c2cc(-c3ccc(F)cc3)ccc2F)c1. The van der Waals surface area contributed by atoms with E-state index in [-0.39, 0.29) is 24.6 Å². The molecule has 154 valence electrons. The fourth-order valence-electron chi connectivity index (χ4n) is 2.73. The molecule has 0 saturated heterocycles. The van der Waals surface area contributed by atoms with E-state index in [1.807, 2.05) is 0 Å². The van der Waals surface area contributed by atoms with E-state index in [4.69, 9.17) is 9.47 Å². The van der Waals surface area contributed by atoms with Crippen LogP contribution in [0.25, 0.3) is 11.1 Å². The van der Waals surface area contributed by atoms with Crippen LogP contribution in [0.15, 0.2) is 66.7 Å². The highest BCUT2D eigenvalue weighted by Crippen LogP contribution is 2.24. The summed E-state index contributed by atoms with van der Waals surface area (Å²) in [6, 6.07) is 16.2. The molecule has 0 fully saturated rings. The van der Waals surface area contributed by atoms with Crippen molar-refractivity contribution < 1.29 is 27.8 Å². The van der Waals surface area contributed by atoms with Crippen molar-refractivity contribution in [2.75, 3.05) is 18.5 Å². The van der Waals surface area contributed by atoms with E-state index < -0.39 is 17.7 Å². The highest BCUT2D eigenvalue weighted by atomic mass is 19.1. The van der Waals surface area contributed by atoms with Gasteiger partial charge in [-0.3, -0.25) is 4.79 Å². The van der Waals surface area contributed by atoms with Crippen LogP contribution in [-0.4, -0.2) is 25.1 Å². The molecule has 0 saturated carbocycles. The minimum atomic E-state index is -0.687. The van der Waals surface area contributed by atoms with Crippen molar-refractivity contribution in [3.63, 3.8) is 0 Å². The Morgan fingerprint density at radius 2 is 1.67 bits per heavy atom. The van der Waals surface area contributed by atoms with E-state index in [1.54, 1.807) is 37.3 Å². The second-order valence-corrected chi connectivity index (χ2v) is 6.28. The number of rotatable bonds is 7. The predicted molar refractivity (Wildman–Crippen MR) is 108 cm³/mol. The van der Waals surface area contributed by atoms with Crippen LogP contribution in [0.4, 0.5) is 14.5 Å². The lowest BCUT2D eigenvalue weighted by atomic mass is 10.0. The maximum atomic E-state index is 14.3. The molecule has 0 atom stereocenters. The summed E-state index contributed by atoms with van der Waals surface area (Å²) < 4.78 is 37.5. The third-order valence-electron chi connectivity index (χ3n) is 4.14. The minimum absolute atomic E-state index is 0.158. The normalized spacial score (nSPS) is 10.4. The second-order valence-electron chi connectivity index (χ2n) is 6.28. The van der Waals surface area contributed by atoms with E-state index in [9.17, 15) is 18.4 Å². The highest BCUT2D eigenvalue weighted by Gasteiger charge is 2.14. The van der Waals surface area contributed by atoms with Gasteiger partial charge in [-0.25, -0.2) is 13.6 Å². The number of carbonyl (C=O) groups excluding carboxylic acids is 2. The van der Waals surface area contributed by atoms with Gasteiger partial charge in [-0.05, 0) is 54.4 Å². The third kappa shape index (κ3) is 5.41. The minimum Gasteiger partial charge on any atom is -0.482 e. The molecule has 1 N–H and O–H groups in total. The maximum Gasteiger partial charge on any atom is 0.344 e. The number of amides is 1. The summed E-state index contributed by atoms with van der Waals surface area (Å²) in [6.45, 7) is 1.68. The van der Waals surface area contributed by atoms with Crippen molar-refractivity contribution in [1.82, 2.24) is 0 Å². The van der Waals surface area contributed by atoms with Crippen molar-refractivity contribution in [3.05, 3.63) is 83.9 Å². The molecule has 0 spiro atoms. The predicted octanol–water partition coefficient (Wildman–Crippen LogP) is 4.83. The molecule has 0 aliphatic carbocycles. The van der Waals surface area contributed by atoms with E-state index >= 15 is 0 Å². The van der Waals surface area contributed by atoms with Crippen LogP contribution >= 0.6 is 0 Å². The number of hydrogen-bond acceptors (Lipinski definition) is 4. The lowest BCUT2D eigenvalue weighted by Crippen LogP contribution is -2.15.